The first-order chi connectivity index (χ1) is 25.2. The number of hydrogen-bond donors (Lipinski definition) is 4. The summed E-state index contributed by atoms with van der Waals surface area (Å²) in [4.78, 5) is 34.3. The van der Waals surface area contributed by atoms with Crippen LogP contribution in [0.5, 0.6) is 0 Å². The Morgan fingerprint density at radius 3 is 1.69 bits per heavy atom. The van der Waals surface area contributed by atoms with Gasteiger partial charge in [-0.3, -0.25) is 9.36 Å². The van der Waals surface area contributed by atoms with Crippen LogP contribution in [0.4, 0.5) is 4.79 Å². The molecule has 0 aliphatic carbocycles. The molecule has 0 saturated heterocycles. The molecule has 5 N–H and O–H groups in total. The summed E-state index contributed by atoms with van der Waals surface area (Å²) >= 11 is 1.47. The number of nitrogens with two attached hydrogens (primary N) is 1. The van der Waals surface area contributed by atoms with E-state index in [4.69, 9.17) is 29.4 Å². The van der Waals surface area contributed by atoms with E-state index in [2.05, 4.69) is 24.5 Å². The highest BCUT2D eigenvalue weighted by Crippen LogP contribution is 2.34. The molecule has 0 rings (SSSR count). The lowest BCUT2D eigenvalue weighted by Gasteiger charge is -2.19. The Morgan fingerprint density at radius 2 is 1.13 bits per heavy atom. The van der Waals surface area contributed by atoms with Crippen molar-refractivity contribution in [3.8, 4) is 0 Å². The quantitative estimate of drug-likeness (QED) is 0.0364. The summed E-state index contributed by atoms with van der Waals surface area (Å²) in [6.07, 6.45) is 21.5. The van der Waals surface area contributed by atoms with E-state index < -0.39 is 25.6 Å². The number of carbonyl (C=O) groups is 2. The smallest absolute Gasteiger partial charge is 0.407 e. The van der Waals surface area contributed by atoms with Crippen molar-refractivity contribution in [1.82, 2.24) is 10.6 Å². The summed E-state index contributed by atoms with van der Waals surface area (Å²) < 4.78 is 39.0. The summed E-state index contributed by atoms with van der Waals surface area (Å²) in [6.45, 7) is 9.68. The Labute approximate surface area is 321 Å². The van der Waals surface area contributed by atoms with E-state index in [1.165, 1.54) is 108 Å². The summed E-state index contributed by atoms with van der Waals surface area (Å²) in [5.41, 5.74) is 6.13. The minimum Gasteiger partial charge on any atom is -0.443 e. The third-order valence-corrected chi connectivity index (χ3v) is 10.6. The Morgan fingerprint density at radius 1 is 0.635 bits per heavy atom. The van der Waals surface area contributed by atoms with Crippen LogP contribution in [0.15, 0.2) is 0 Å². The van der Waals surface area contributed by atoms with E-state index in [9.17, 15) is 19.0 Å². The van der Waals surface area contributed by atoms with Crippen molar-refractivity contribution in [3.05, 3.63) is 0 Å². The molecule has 0 radical (unpaired) electrons. The van der Waals surface area contributed by atoms with E-state index in [-0.39, 0.29) is 18.7 Å². The van der Waals surface area contributed by atoms with Crippen LogP contribution in [0.3, 0.4) is 0 Å². The summed E-state index contributed by atoms with van der Waals surface area (Å²) in [5.74, 6) is 0.607. The zero-order chi connectivity index (χ0) is 38.4. The largest absolute Gasteiger partial charge is 0.443 e. The van der Waals surface area contributed by atoms with Gasteiger partial charge in [0.05, 0.1) is 52.3 Å². The summed E-state index contributed by atoms with van der Waals surface area (Å²) in [5, 5.41) is 5.68. The van der Waals surface area contributed by atoms with E-state index in [1.807, 2.05) is 0 Å². The minimum absolute atomic E-state index is 0.131. The van der Waals surface area contributed by atoms with Crippen molar-refractivity contribution in [1.29, 1.82) is 0 Å². The second kappa shape index (κ2) is 38.4. The number of alkyl carbamates (subject to hydrolysis) is 1. The molecule has 0 aromatic carbocycles. The van der Waals surface area contributed by atoms with Crippen molar-refractivity contribution in [2.24, 2.45) is 5.73 Å². The van der Waals surface area contributed by atoms with Crippen LogP contribution in [0.2, 0.25) is 0 Å². The maximum atomic E-state index is 12.6. The zero-order valence-corrected chi connectivity index (χ0v) is 34.9. The number of amides is 2. The lowest BCUT2D eigenvalue weighted by Crippen LogP contribution is -2.43. The second-order valence-electron chi connectivity index (χ2n) is 13.7. The van der Waals surface area contributed by atoms with Crippen LogP contribution < -0.4 is 16.4 Å². The Bertz CT molecular complexity index is 857. The third kappa shape index (κ3) is 38.8. The standard InChI is InChI=1S/C38H78N3O9PS/c1-4-6-8-10-12-14-15-17-19-21-24-49-32-35(50-38(43)41-22-20-18-16-13-11-9-7-5-2)33-52-34-36(39)37(42)40-23-25-46-26-27-47-28-29-48-30-31-51(3,44)45/h35-36H,4-34,39H2,1-3H3,(H,40,42)(H,41,43)(H,44,45)/t35-,36+/m1/s1. The predicted molar refractivity (Wildman–Crippen MR) is 215 cm³/mol. The Hall–Kier alpha value is -0.920. The highest BCUT2D eigenvalue weighted by Gasteiger charge is 2.18. The number of hydrogen-bond acceptors (Lipinski definition) is 10. The lowest BCUT2D eigenvalue weighted by atomic mass is 10.1. The molecule has 3 atom stereocenters. The molecule has 1 unspecified atom stereocenters. The minimum atomic E-state index is -3.04. The fourth-order valence-corrected chi connectivity index (χ4v) is 6.66. The van der Waals surface area contributed by atoms with Gasteiger partial charge in [0.2, 0.25) is 5.91 Å². The van der Waals surface area contributed by atoms with Gasteiger partial charge < -0.3 is 44.9 Å². The normalized spacial score (nSPS) is 13.8. The van der Waals surface area contributed by atoms with Crippen molar-refractivity contribution in [2.45, 2.75) is 142 Å². The molecule has 0 bridgehead atoms. The second-order valence-corrected chi connectivity index (χ2v) is 17.4. The van der Waals surface area contributed by atoms with Crippen molar-refractivity contribution < 1.29 is 42.7 Å². The number of unbranched alkanes of at least 4 members (excludes halogenated alkanes) is 16. The molecular weight excluding hydrogens is 705 g/mol. The number of thioether (sulfide) groups is 1. The SMILES string of the molecule is CCCCCCCCCCCCOC[C@H](CSC[C@H](N)C(=O)NCCOCCOCCOCCP(C)(=O)O)OC(=O)NCCCCCCCCCC. The van der Waals surface area contributed by atoms with Gasteiger partial charge >= 0.3 is 6.09 Å². The lowest BCUT2D eigenvalue weighted by molar-refractivity contribution is -0.122. The van der Waals surface area contributed by atoms with Gasteiger partial charge in [-0.15, -0.1) is 0 Å². The van der Waals surface area contributed by atoms with Crippen LogP contribution >= 0.6 is 19.1 Å². The molecule has 0 aliphatic rings. The highest BCUT2D eigenvalue weighted by molar-refractivity contribution is 7.99. The first-order valence-corrected chi connectivity index (χ1v) is 23.8. The van der Waals surface area contributed by atoms with E-state index in [0.717, 1.165) is 25.7 Å². The Balaban J connectivity index is 4.26. The monoisotopic (exact) mass is 784 g/mol. The molecule has 2 amide bonds. The molecule has 0 spiro atoms. The van der Waals surface area contributed by atoms with Gasteiger partial charge in [-0.05, 0) is 12.8 Å². The molecule has 0 aromatic rings. The molecule has 0 saturated carbocycles. The molecule has 14 heteroatoms. The van der Waals surface area contributed by atoms with E-state index >= 15 is 0 Å². The number of nitrogens with one attached hydrogen (secondary N) is 2. The number of rotatable bonds is 40. The maximum Gasteiger partial charge on any atom is 0.407 e. The first-order valence-electron chi connectivity index (χ1n) is 20.3. The van der Waals surface area contributed by atoms with Crippen LogP contribution in [0.1, 0.15) is 129 Å². The van der Waals surface area contributed by atoms with Gasteiger partial charge in [0.25, 0.3) is 0 Å². The average molecular weight is 784 g/mol. The van der Waals surface area contributed by atoms with Gasteiger partial charge in [0.15, 0.2) is 7.37 Å². The average Bonchev–Trinajstić information content (AvgIpc) is 3.11. The van der Waals surface area contributed by atoms with Crippen LogP contribution in [0.25, 0.3) is 0 Å². The number of ether oxygens (including phenoxy) is 5. The van der Waals surface area contributed by atoms with Gasteiger partial charge in [-0.1, -0.05) is 117 Å². The molecule has 0 aliphatic heterocycles. The van der Waals surface area contributed by atoms with Crippen molar-refractivity contribution in [3.63, 3.8) is 0 Å². The number of carbonyl (C=O) groups excluding carboxylic acids is 2. The zero-order valence-electron chi connectivity index (χ0n) is 33.2. The summed E-state index contributed by atoms with van der Waals surface area (Å²) in [6, 6.07) is -0.704. The molecule has 12 nitrogen and oxygen atoms in total. The van der Waals surface area contributed by atoms with Gasteiger partial charge in [0.1, 0.15) is 6.10 Å². The Kier molecular flexibility index (Phi) is 37.7. The topological polar surface area (TPSA) is 168 Å². The molecular formula is C38H78N3O9PS. The highest BCUT2D eigenvalue weighted by atomic mass is 32.2. The third-order valence-electron chi connectivity index (χ3n) is 8.40. The van der Waals surface area contributed by atoms with Crippen LogP contribution in [-0.4, -0.2) is 119 Å². The summed E-state index contributed by atoms with van der Waals surface area (Å²) in [7, 11) is -3.04. The van der Waals surface area contributed by atoms with E-state index in [1.54, 1.807) is 0 Å². The fraction of sp³-hybridized carbons (Fsp3) is 0.947. The van der Waals surface area contributed by atoms with Crippen molar-refractivity contribution >= 4 is 31.1 Å². The maximum absolute atomic E-state index is 12.6. The molecule has 0 aromatic heterocycles. The van der Waals surface area contributed by atoms with Gasteiger partial charge in [-0.2, -0.15) is 11.8 Å². The first kappa shape index (κ1) is 51.1. The van der Waals surface area contributed by atoms with Gasteiger partial charge in [0, 0.05) is 44.0 Å². The van der Waals surface area contributed by atoms with Crippen LogP contribution in [-0.2, 0) is 33.0 Å². The molecule has 0 fully saturated rings. The molecule has 52 heavy (non-hydrogen) atoms. The fourth-order valence-electron chi connectivity index (χ4n) is 5.22. The van der Waals surface area contributed by atoms with Crippen molar-refractivity contribution in [2.75, 3.05) is 90.3 Å². The van der Waals surface area contributed by atoms with Gasteiger partial charge in [-0.25, -0.2) is 4.79 Å². The molecule has 0 heterocycles. The van der Waals surface area contributed by atoms with E-state index in [0.29, 0.717) is 70.8 Å². The van der Waals surface area contributed by atoms with Crippen LogP contribution in [0, 0.1) is 0 Å². The molecule has 310 valence electrons. The predicted octanol–water partition coefficient (Wildman–Crippen LogP) is 7.29.